The fraction of sp³-hybridized carbons (Fsp3) is 0. The minimum atomic E-state index is 0.642. The molecule has 6 aromatic carbocycles. The number of aromatic nitrogens is 3. The van der Waals surface area contributed by atoms with Crippen molar-refractivity contribution in [3.63, 3.8) is 0 Å². The van der Waals surface area contributed by atoms with Crippen molar-refractivity contribution in [1.29, 1.82) is 0 Å². The zero-order valence-electron chi connectivity index (χ0n) is 25.3. The molecule has 3 heterocycles. The van der Waals surface area contributed by atoms with Crippen molar-refractivity contribution in [1.82, 2.24) is 15.0 Å². The molecular formula is C43H27N3O. The highest BCUT2D eigenvalue weighted by Crippen LogP contribution is 2.40. The maximum atomic E-state index is 6.50. The molecule has 3 aromatic heterocycles. The third-order valence-corrected chi connectivity index (χ3v) is 8.70. The monoisotopic (exact) mass is 601 g/mol. The standard InChI is InChI=1S/C43H27N3O/c1-4-12-28(13-5-1)29-20-22-31(23-21-29)37-27-36(30-14-6-2-7-15-30)45-43(46-37)33-24-25-34-38(26-33)44-41(32-16-8-3-9-17-32)40-35-18-10-11-19-39(35)47-42(34)40/h1-27H. The van der Waals surface area contributed by atoms with Crippen LogP contribution < -0.4 is 0 Å². The van der Waals surface area contributed by atoms with Crippen LogP contribution in [0.5, 0.6) is 0 Å². The number of hydrogen-bond donors (Lipinski definition) is 0. The molecule has 0 spiro atoms. The summed E-state index contributed by atoms with van der Waals surface area (Å²) in [5, 5.41) is 3.04. The molecule has 9 aromatic rings. The molecule has 0 radical (unpaired) electrons. The van der Waals surface area contributed by atoms with Gasteiger partial charge in [0, 0.05) is 33.0 Å². The van der Waals surface area contributed by atoms with E-state index in [1.54, 1.807) is 0 Å². The summed E-state index contributed by atoms with van der Waals surface area (Å²) in [7, 11) is 0. The number of benzene rings is 6. The number of fused-ring (bicyclic) bond motifs is 5. The van der Waals surface area contributed by atoms with Gasteiger partial charge in [-0.2, -0.15) is 0 Å². The molecular weight excluding hydrogens is 574 g/mol. The van der Waals surface area contributed by atoms with Crippen molar-refractivity contribution < 1.29 is 4.42 Å². The molecule has 0 atom stereocenters. The number of furan rings is 1. The molecule has 220 valence electrons. The summed E-state index contributed by atoms with van der Waals surface area (Å²) in [6, 6.07) is 56.0. The maximum Gasteiger partial charge on any atom is 0.160 e. The second-order valence-corrected chi connectivity index (χ2v) is 11.6. The summed E-state index contributed by atoms with van der Waals surface area (Å²) >= 11 is 0. The molecule has 0 unspecified atom stereocenters. The van der Waals surface area contributed by atoms with E-state index in [4.69, 9.17) is 19.4 Å². The number of pyridine rings is 1. The topological polar surface area (TPSA) is 51.8 Å². The number of nitrogens with zero attached hydrogens (tertiary/aromatic N) is 3. The van der Waals surface area contributed by atoms with Crippen LogP contribution in [-0.2, 0) is 0 Å². The van der Waals surface area contributed by atoms with Crippen LogP contribution in [0.3, 0.4) is 0 Å². The van der Waals surface area contributed by atoms with Gasteiger partial charge in [-0.1, -0.05) is 140 Å². The zero-order chi connectivity index (χ0) is 31.2. The summed E-state index contributed by atoms with van der Waals surface area (Å²) in [6.45, 7) is 0. The first kappa shape index (κ1) is 27.0. The molecule has 4 heteroatoms. The van der Waals surface area contributed by atoms with Gasteiger partial charge in [-0.25, -0.2) is 15.0 Å². The summed E-state index contributed by atoms with van der Waals surface area (Å²) in [5.41, 5.74) is 11.5. The van der Waals surface area contributed by atoms with Gasteiger partial charge in [-0.3, -0.25) is 0 Å². The largest absolute Gasteiger partial charge is 0.455 e. The van der Waals surface area contributed by atoms with E-state index >= 15 is 0 Å². The Morgan fingerprint density at radius 3 is 1.62 bits per heavy atom. The Bertz CT molecular complexity index is 2540. The van der Waals surface area contributed by atoms with Crippen LogP contribution >= 0.6 is 0 Å². The second kappa shape index (κ2) is 11.2. The first-order valence-electron chi connectivity index (χ1n) is 15.7. The summed E-state index contributed by atoms with van der Waals surface area (Å²) in [6.07, 6.45) is 0. The zero-order valence-corrected chi connectivity index (χ0v) is 25.3. The fourth-order valence-electron chi connectivity index (χ4n) is 6.35. The minimum Gasteiger partial charge on any atom is -0.455 e. The smallest absolute Gasteiger partial charge is 0.160 e. The van der Waals surface area contributed by atoms with E-state index in [-0.39, 0.29) is 0 Å². The Kier molecular flexibility index (Phi) is 6.43. The third-order valence-electron chi connectivity index (χ3n) is 8.70. The van der Waals surface area contributed by atoms with Crippen molar-refractivity contribution in [2.24, 2.45) is 0 Å². The van der Waals surface area contributed by atoms with Crippen LogP contribution in [0, 0.1) is 0 Å². The van der Waals surface area contributed by atoms with Crippen molar-refractivity contribution in [3.05, 3.63) is 164 Å². The van der Waals surface area contributed by atoms with E-state index in [1.165, 1.54) is 11.1 Å². The van der Waals surface area contributed by atoms with Gasteiger partial charge < -0.3 is 4.42 Å². The van der Waals surface area contributed by atoms with Gasteiger partial charge >= 0.3 is 0 Å². The van der Waals surface area contributed by atoms with Crippen LogP contribution in [-0.4, -0.2) is 15.0 Å². The fourth-order valence-corrected chi connectivity index (χ4v) is 6.35. The van der Waals surface area contributed by atoms with E-state index in [1.807, 2.05) is 60.7 Å². The minimum absolute atomic E-state index is 0.642. The van der Waals surface area contributed by atoms with Gasteiger partial charge in [0.05, 0.1) is 28.0 Å². The summed E-state index contributed by atoms with van der Waals surface area (Å²) < 4.78 is 6.50. The van der Waals surface area contributed by atoms with E-state index in [0.29, 0.717) is 5.82 Å². The molecule has 9 rings (SSSR count). The lowest BCUT2D eigenvalue weighted by molar-refractivity contribution is 0.672. The van der Waals surface area contributed by atoms with E-state index < -0.39 is 0 Å². The highest BCUT2D eigenvalue weighted by atomic mass is 16.3. The first-order chi connectivity index (χ1) is 23.3. The molecule has 0 saturated heterocycles. The van der Waals surface area contributed by atoms with Crippen LogP contribution in [0.2, 0.25) is 0 Å². The normalized spacial score (nSPS) is 11.4. The van der Waals surface area contributed by atoms with Gasteiger partial charge in [0.25, 0.3) is 0 Å². The Balaban J connectivity index is 1.23. The average molecular weight is 602 g/mol. The molecule has 0 bridgehead atoms. The third kappa shape index (κ3) is 4.84. The Labute approximate surface area is 271 Å². The average Bonchev–Trinajstić information content (AvgIpc) is 3.55. The summed E-state index contributed by atoms with van der Waals surface area (Å²) in [4.78, 5) is 15.5. The molecule has 47 heavy (non-hydrogen) atoms. The Morgan fingerprint density at radius 1 is 0.383 bits per heavy atom. The maximum absolute atomic E-state index is 6.50. The molecule has 0 amide bonds. The van der Waals surface area contributed by atoms with Gasteiger partial charge in [-0.05, 0) is 35.4 Å². The Hall–Kier alpha value is -6.39. The lowest BCUT2D eigenvalue weighted by atomic mass is 10.0. The first-order valence-corrected chi connectivity index (χ1v) is 15.7. The van der Waals surface area contributed by atoms with Crippen LogP contribution in [0.15, 0.2) is 168 Å². The number of para-hydroxylation sites is 1. The lowest BCUT2D eigenvalue weighted by Gasteiger charge is -2.11. The second-order valence-electron chi connectivity index (χ2n) is 11.6. The van der Waals surface area contributed by atoms with Crippen molar-refractivity contribution in [2.45, 2.75) is 0 Å². The van der Waals surface area contributed by atoms with Gasteiger partial charge in [0.15, 0.2) is 5.82 Å². The quantitative estimate of drug-likeness (QED) is 0.197. The molecule has 0 aliphatic rings. The predicted molar refractivity (Wildman–Crippen MR) is 192 cm³/mol. The van der Waals surface area contributed by atoms with Crippen LogP contribution in [0.1, 0.15) is 0 Å². The van der Waals surface area contributed by atoms with Gasteiger partial charge in [-0.15, -0.1) is 0 Å². The van der Waals surface area contributed by atoms with E-state index in [9.17, 15) is 0 Å². The number of hydrogen-bond acceptors (Lipinski definition) is 4. The van der Waals surface area contributed by atoms with Crippen LogP contribution in [0.25, 0.3) is 89.1 Å². The molecule has 4 nitrogen and oxygen atoms in total. The molecule has 0 fully saturated rings. The van der Waals surface area contributed by atoms with Crippen molar-refractivity contribution >= 4 is 32.8 Å². The highest BCUT2D eigenvalue weighted by Gasteiger charge is 2.19. The van der Waals surface area contributed by atoms with Crippen molar-refractivity contribution in [3.8, 4) is 56.3 Å². The molecule has 0 aliphatic heterocycles. The molecule has 0 saturated carbocycles. The Morgan fingerprint density at radius 2 is 0.915 bits per heavy atom. The SMILES string of the molecule is c1ccc(-c2ccc(-c3cc(-c4ccccc4)nc(-c4ccc5c(c4)nc(-c4ccccc4)c4c6ccccc6oc54)n3)cc2)cc1. The van der Waals surface area contributed by atoms with Gasteiger partial charge in [0.1, 0.15) is 11.2 Å². The van der Waals surface area contributed by atoms with Gasteiger partial charge in [0.2, 0.25) is 0 Å². The highest BCUT2D eigenvalue weighted by molar-refractivity contribution is 6.19. The van der Waals surface area contributed by atoms with E-state index in [0.717, 1.165) is 72.2 Å². The molecule has 0 aliphatic carbocycles. The summed E-state index contributed by atoms with van der Waals surface area (Å²) in [5.74, 6) is 0.642. The van der Waals surface area contributed by atoms with E-state index in [2.05, 4.69) is 103 Å². The predicted octanol–water partition coefficient (Wildman–Crippen LogP) is 11.3. The number of rotatable bonds is 5. The van der Waals surface area contributed by atoms with Crippen molar-refractivity contribution in [2.75, 3.05) is 0 Å². The lowest BCUT2D eigenvalue weighted by Crippen LogP contribution is -1.96. The van der Waals surface area contributed by atoms with Crippen LogP contribution in [0.4, 0.5) is 0 Å². The molecule has 0 N–H and O–H groups in total.